The second-order valence-electron chi connectivity index (χ2n) is 5.36. The van der Waals surface area contributed by atoms with Gasteiger partial charge >= 0.3 is 0 Å². The molecule has 1 nitrogen and oxygen atoms in total. The van der Waals surface area contributed by atoms with Crippen molar-refractivity contribution in [2.24, 2.45) is 5.92 Å². The zero-order valence-electron chi connectivity index (χ0n) is 11.7. The molecule has 0 saturated carbocycles. The van der Waals surface area contributed by atoms with E-state index in [2.05, 4.69) is 93.5 Å². The molecule has 106 valence electrons. The third-order valence-corrected chi connectivity index (χ3v) is 4.35. The summed E-state index contributed by atoms with van der Waals surface area (Å²) in [5, 5.41) is 3.66. The lowest BCUT2D eigenvalue weighted by molar-refractivity contribution is 0.531. The molecule has 0 fully saturated rings. The van der Waals surface area contributed by atoms with Crippen LogP contribution in [0.4, 0.5) is 5.69 Å². The van der Waals surface area contributed by atoms with Gasteiger partial charge < -0.3 is 5.32 Å². The normalized spacial score (nSPS) is 12.4. The van der Waals surface area contributed by atoms with Gasteiger partial charge in [0.2, 0.25) is 0 Å². The number of nitrogens with one attached hydrogen (secondary N) is 1. The molecule has 0 saturated heterocycles. The van der Waals surface area contributed by atoms with Crippen LogP contribution in [0.2, 0.25) is 0 Å². The van der Waals surface area contributed by atoms with Gasteiger partial charge in [0.05, 0.1) is 11.7 Å². The number of anilines is 1. The van der Waals surface area contributed by atoms with E-state index >= 15 is 0 Å². The van der Waals surface area contributed by atoms with Crippen LogP contribution in [0.1, 0.15) is 31.9 Å². The molecule has 0 aliphatic carbocycles. The van der Waals surface area contributed by atoms with E-state index in [4.69, 9.17) is 0 Å². The summed E-state index contributed by atoms with van der Waals surface area (Å²) >= 11 is 7.15. The molecule has 2 rings (SSSR count). The van der Waals surface area contributed by atoms with E-state index in [1.807, 2.05) is 6.07 Å². The highest BCUT2D eigenvalue weighted by molar-refractivity contribution is 9.11. The molecular weight excluding hydrogens is 378 g/mol. The molecule has 0 aliphatic heterocycles. The highest BCUT2D eigenvalue weighted by Gasteiger charge is 2.14. The predicted octanol–water partition coefficient (Wildman–Crippen LogP) is 6.41. The Morgan fingerprint density at radius 2 is 1.70 bits per heavy atom. The SMILES string of the molecule is CC(C)CC(Nc1cc(Br)ccc1Br)c1ccccc1. The van der Waals surface area contributed by atoms with E-state index in [-0.39, 0.29) is 0 Å². The number of hydrogen-bond acceptors (Lipinski definition) is 1. The molecule has 1 N–H and O–H groups in total. The topological polar surface area (TPSA) is 12.0 Å². The third kappa shape index (κ3) is 4.35. The largest absolute Gasteiger partial charge is 0.377 e. The minimum atomic E-state index is 0.321. The highest BCUT2D eigenvalue weighted by atomic mass is 79.9. The van der Waals surface area contributed by atoms with Crippen LogP contribution >= 0.6 is 31.9 Å². The maximum Gasteiger partial charge on any atom is 0.0516 e. The number of hydrogen-bond donors (Lipinski definition) is 1. The van der Waals surface area contributed by atoms with Crippen LogP contribution in [0.25, 0.3) is 0 Å². The maximum absolute atomic E-state index is 3.66. The first kappa shape index (κ1) is 15.6. The van der Waals surface area contributed by atoms with Gasteiger partial charge in [-0.3, -0.25) is 0 Å². The molecule has 1 atom stereocenters. The maximum atomic E-state index is 3.66. The summed E-state index contributed by atoms with van der Waals surface area (Å²) in [7, 11) is 0. The first-order chi connectivity index (χ1) is 9.56. The molecule has 0 aromatic heterocycles. The van der Waals surface area contributed by atoms with Gasteiger partial charge in [-0.05, 0) is 52.0 Å². The average molecular weight is 397 g/mol. The van der Waals surface area contributed by atoms with Gasteiger partial charge in [0, 0.05) is 8.95 Å². The highest BCUT2D eigenvalue weighted by Crippen LogP contribution is 2.32. The second kappa shape index (κ2) is 7.28. The molecule has 0 aliphatic rings. The van der Waals surface area contributed by atoms with E-state index in [9.17, 15) is 0 Å². The Labute approximate surface area is 138 Å². The molecule has 0 radical (unpaired) electrons. The molecule has 0 bridgehead atoms. The Kier molecular flexibility index (Phi) is 5.67. The van der Waals surface area contributed by atoms with Crippen molar-refractivity contribution in [3.63, 3.8) is 0 Å². The molecular formula is C17H19Br2N. The lowest BCUT2D eigenvalue weighted by atomic mass is 9.97. The number of benzene rings is 2. The fourth-order valence-electron chi connectivity index (χ4n) is 2.23. The van der Waals surface area contributed by atoms with Crippen LogP contribution in [0.3, 0.4) is 0 Å². The fourth-order valence-corrected chi connectivity index (χ4v) is 2.95. The van der Waals surface area contributed by atoms with Gasteiger partial charge in [-0.1, -0.05) is 60.1 Å². The van der Waals surface area contributed by atoms with E-state index in [1.54, 1.807) is 0 Å². The first-order valence-corrected chi connectivity index (χ1v) is 8.41. The van der Waals surface area contributed by atoms with Crippen LogP contribution in [0, 0.1) is 5.92 Å². The van der Waals surface area contributed by atoms with Crippen molar-refractivity contribution in [3.8, 4) is 0 Å². The van der Waals surface area contributed by atoms with E-state index in [0.29, 0.717) is 12.0 Å². The number of halogens is 2. The first-order valence-electron chi connectivity index (χ1n) is 6.83. The molecule has 2 aromatic carbocycles. The average Bonchev–Trinajstić information content (AvgIpc) is 2.42. The lowest BCUT2D eigenvalue weighted by Crippen LogP contribution is -2.13. The summed E-state index contributed by atoms with van der Waals surface area (Å²) in [4.78, 5) is 0. The summed E-state index contributed by atoms with van der Waals surface area (Å²) in [6, 6.07) is 17.2. The van der Waals surface area contributed by atoms with Crippen molar-refractivity contribution in [1.82, 2.24) is 0 Å². The van der Waals surface area contributed by atoms with E-state index in [0.717, 1.165) is 21.1 Å². The monoisotopic (exact) mass is 395 g/mol. The van der Waals surface area contributed by atoms with Gasteiger partial charge in [-0.25, -0.2) is 0 Å². The summed E-state index contributed by atoms with van der Waals surface area (Å²) in [6.07, 6.45) is 1.10. The zero-order valence-corrected chi connectivity index (χ0v) is 14.9. The zero-order chi connectivity index (χ0) is 14.5. The van der Waals surface area contributed by atoms with Crippen molar-refractivity contribution in [3.05, 3.63) is 63.0 Å². The molecule has 20 heavy (non-hydrogen) atoms. The van der Waals surface area contributed by atoms with Crippen molar-refractivity contribution in [1.29, 1.82) is 0 Å². The number of rotatable bonds is 5. The molecule has 0 heterocycles. The smallest absolute Gasteiger partial charge is 0.0516 e. The summed E-state index contributed by atoms with van der Waals surface area (Å²) in [5.41, 5.74) is 2.45. The van der Waals surface area contributed by atoms with Gasteiger partial charge in [0.25, 0.3) is 0 Å². The Morgan fingerprint density at radius 3 is 2.35 bits per heavy atom. The molecule has 0 amide bonds. The van der Waals surface area contributed by atoms with Gasteiger partial charge in [-0.2, -0.15) is 0 Å². The van der Waals surface area contributed by atoms with E-state index in [1.165, 1.54) is 5.56 Å². The summed E-state index contributed by atoms with van der Waals surface area (Å²) < 4.78 is 2.17. The van der Waals surface area contributed by atoms with Crippen molar-refractivity contribution >= 4 is 37.5 Å². The molecule has 3 heteroatoms. The molecule has 1 unspecified atom stereocenters. The van der Waals surface area contributed by atoms with Crippen molar-refractivity contribution in [2.75, 3.05) is 5.32 Å². The van der Waals surface area contributed by atoms with Crippen LogP contribution in [0.5, 0.6) is 0 Å². The van der Waals surface area contributed by atoms with Crippen LogP contribution in [-0.4, -0.2) is 0 Å². The van der Waals surface area contributed by atoms with Crippen LogP contribution in [-0.2, 0) is 0 Å². The summed E-state index contributed by atoms with van der Waals surface area (Å²) in [5.74, 6) is 0.638. The Hall–Kier alpha value is -0.800. The standard InChI is InChI=1S/C17H19Br2N/c1-12(2)10-16(13-6-4-3-5-7-13)20-17-11-14(18)8-9-15(17)19/h3-9,11-12,16,20H,10H2,1-2H3. The van der Waals surface area contributed by atoms with Crippen molar-refractivity contribution < 1.29 is 0 Å². The minimum absolute atomic E-state index is 0.321. The lowest BCUT2D eigenvalue weighted by Gasteiger charge is -2.23. The molecule has 2 aromatic rings. The van der Waals surface area contributed by atoms with Crippen LogP contribution in [0.15, 0.2) is 57.5 Å². The molecule has 0 spiro atoms. The predicted molar refractivity (Wildman–Crippen MR) is 94.1 cm³/mol. The van der Waals surface area contributed by atoms with Crippen LogP contribution < -0.4 is 5.32 Å². The van der Waals surface area contributed by atoms with Gasteiger partial charge in [0.15, 0.2) is 0 Å². The third-order valence-electron chi connectivity index (χ3n) is 3.17. The Balaban J connectivity index is 2.26. The fraction of sp³-hybridized carbons (Fsp3) is 0.294. The van der Waals surface area contributed by atoms with Gasteiger partial charge in [0.1, 0.15) is 0 Å². The van der Waals surface area contributed by atoms with Crippen molar-refractivity contribution in [2.45, 2.75) is 26.3 Å². The summed E-state index contributed by atoms with van der Waals surface area (Å²) in [6.45, 7) is 4.52. The second-order valence-corrected chi connectivity index (χ2v) is 7.13. The van der Waals surface area contributed by atoms with Gasteiger partial charge in [-0.15, -0.1) is 0 Å². The Morgan fingerprint density at radius 1 is 1.00 bits per heavy atom. The quantitative estimate of drug-likeness (QED) is 0.615. The van der Waals surface area contributed by atoms with E-state index < -0.39 is 0 Å². The Bertz CT molecular complexity index is 552. The minimum Gasteiger partial charge on any atom is -0.377 e.